The largest absolute Gasteiger partial charge is 0.493 e. The molecule has 2 aromatic rings. The molecule has 146 valence electrons. The molecule has 0 spiro atoms. The molecule has 0 aromatic heterocycles. The number of benzene rings is 2. The zero-order valence-electron chi connectivity index (χ0n) is 15.7. The minimum Gasteiger partial charge on any atom is -0.493 e. The maximum atomic E-state index is 12.6. The predicted molar refractivity (Wildman–Crippen MR) is 109 cm³/mol. The first-order chi connectivity index (χ1) is 13.6. The van der Waals surface area contributed by atoms with Gasteiger partial charge in [0.1, 0.15) is 12.4 Å². The molecule has 0 unspecified atom stereocenters. The van der Waals surface area contributed by atoms with Crippen molar-refractivity contribution in [3.8, 4) is 17.2 Å². The third-order valence-electron chi connectivity index (χ3n) is 3.99. The van der Waals surface area contributed by atoms with Crippen molar-refractivity contribution >= 4 is 29.0 Å². The van der Waals surface area contributed by atoms with Crippen molar-refractivity contribution in [1.82, 2.24) is 4.90 Å². The van der Waals surface area contributed by atoms with Crippen molar-refractivity contribution < 1.29 is 23.8 Å². The van der Waals surface area contributed by atoms with Gasteiger partial charge in [-0.15, -0.1) is 0 Å². The number of rotatable bonds is 8. The fourth-order valence-electron chi connectivity index (χ4n) is 2.66. The van der Waals surface area contributed by atoms with E-state index in [1.54, 1.807) is 25.3 Å². The van der Waals surface area contributed by atoms with Gasteiger partial charge in [-0.2, -0.15) is 0 Å². The average Bonchev–Trinajstić information content (AvgIpc) is 2.97. The van der Waals surface area contributed by atoms with E-state index in [-0.39, 0.29) is 24.3 Å². The number of amides is 2. The van der Waals surface area contributed by atoms with Crippen molar-refractivity contribution in [2.24, 2.45) is 0 Å². The highest BCUT2D eigenvalue weighted by atomic mass is 32.2. The molecule has 1 fully saturated rings. The first-order valence-corrected chi connectivity index (χ1v) is 9.68. The first-order valence-electron chi connectivity index (χ1n) is 8.86. The topological polar surface area (TPSA) is 65.1 Å². The van der Waals surface area contributed by atoms with Gasteiger partial charge in [0.05, 0.1) is 25.2 Å². The minimum atomic E-state index is -0.320. The molecule has 6 nitrogen and oxygen atoms in total. The lowest BCUT2D eigenvalue weighted by Gasteiger charge is -2.13. The molecule has 0 bridgehead atoms. The fourth-order valence-corrected chi connectivity index (χ4v) is 3.53. The van der Waals surface area contributed by atoms with Crippen LogP contribution in [0.4, 0.5) is 4.79 Å². The molecule has 3 rings (SSSR count). The van der Waals surface area contributed by atoms with Crippen LogP contribution in [-0.4, -0.2) is 42.9 Å². The lowest BCUT2D eigenvalue weighted by atomic mass is 10.2. The SMILES string of the molecule is CCOc1ccc(/C=C2\SC(=O)N(CCOc3ccccc3)C2=O)cc1OC. The van der Waals surface area contributed by atoms with Gasteiger partial charge in [0, 0.05) is 0 Å². The Kier molecular flexibility index (Phi) is 6.60. The summed E-state index contributed by atoms with van der Waals surface area (Å²) in [7, 11) is 1.56. The molecular weight excluding hydrogens is 378 g/mol. The molecule has 0 atom stereocenters. The number of hydrogen-bond donors (Lipinski definition) is 0. The molecule has 2 aromatic carbocycles. The van der Waals surface area contributed by atoms with Crippen molar-refractivity contribution in [1.29, 1.82) is 0 Å². The summed E-state index contributed by atoms with van der Waals surface area (Å²) in [5, 5.41) is -0.300. The van der Waals surface area contributed by atoms with Crippen LogP contribution in [-0.2, 0) is 4.79 Å². The summed E-state index contributed by atoms with van der Waals surface area (Å²) in [5.74, 6) is 1.59. The Balaban J connectivity index is 1.67. The molecule has 1 aliphatic rings. The Hall–Kier alpha value is -2.93. The first kappa shape index (κ1) is 19.8. The molecule has 0 saturated carbocycles. The summed E-state index contributed by atoms with van der Waals surface area (Å²) in [6.45, 7) is 2.86. The monoisotopic (exact) mass is 399 g/mol. The molecule has 0 N–H and O–H groups in total. The van der Waals surface area contributed by atoms with E-state index in [2.05, 4.69) is 0 Å². The highest BCUT2D eigenvalue weighted by Crippen LogP contribution is 2.34. The average molecular weight is 399 g/mol. The van der Waals surface area contributed by atoms with Crippen molar-refractivity contribution in [2.45, 2.75) is 6.92 Å². The maximum absolute atomic E-state index is 12.6. The van der Waals surface area contributed by atoms with Crippen LogP contribution in [0.15, 0.2) is 53.4 Å². The van der Waals surface area contributed by atoms with Crippen LogP contribution in [0.25, 0.3) is 6.08 Å². The second kappa shape index (κ2) is 9.32. The molecule has 28 heavy (non-hydrogen) atoms. The van der Waals surface area contributed by atoms with E-state index in [0.717, 1.165) is 17.3 Å². The van der Waals surface area contributed by atoms with Crippen LogP contribution < -0.4 is 14.2 Å². The predicted octanol–water partition coefficient (Wildman–Crippen LogP) is 4.21. The number of para-hydroxylation sites is 1. The number of carbonyl (C=O) groups is 2. The number of carbonyl (C=O) groups excluding carboxylic acids is 2. The Morgan fingerprint density at radius 2 is 1.82 bits per heavy atom. The van der Waals surface area contributed by atoms with Gasteiger partial charge in [0.2, 0.25) is 0 Å². The summed E-state index contributed by atoms with van der Waals surface area (Å²) in [6.07, 6.45) is 1.68. The van der Waals surface area contributed by atoms with E-state index in [9.17, 15) is 9.59 Å². The van der Waals surface area contributed by atoms with Gasteiger partial charge in [0.25, 0.3) is 11.1 Å². The van der Waals surface area contributed by atoms with Gasteiger partial charge in [-0.05, 0) is 54.6 Å². The number of thioether (sulfide) groups is 1. The standard InChI is InChI=1S/C21H21NO5S/c1-3-26-17-10-9-15(13-18(17)25-2)14-19-20(23)22(21(24)28-19)11-12-27-16-7-5-4-6-8-16/h4-10,13-14H,3,11-12H2,1-2H3/b19-14-. The molecule has 1 heterocycles. The molecule has 2 amide bonds. The third kappa shape index (κ3) is 4.67. The van der Waals surface area contributed by atoms with Crippen LogP contribution in [0.1, 0.15) is 12.5 Å². The van der Waals surface area contributed by atoms with Gasteiger partial charge >= 0.3 is 0 Å². The Bertz CT molecular complexity index is 882. The number of imide groups is 1. The highest BCUT2D eigenvalue weighted by Gasteiger charge is 2.34. The van der Waals surface area contributed by atoms with Crippen LogP contribution >= 0.6 is 11.8 Å². The van der Waals surface area contributed by atoms with E-state index in [4.69, 9.17) is 14.2 Å². The van der Waals surface area contributed by atoms with Crippen molar-refractivity contribution in [3.05, 3.63) is 59.0 Å². The molecule has 0 radical (unpaired) electrons. The molecule has 7 heteroatoms. The normalized spacial score (nSPS) is 15.2. The van der Waals surface area contributed by atoms with Crippen molar-refractivity contribution in [3.63, 3.8) is 0 Å². The smallest absolute Gasteiger partial charge is 0.293 e. The van der Waals surface area contributed by atoms with Crippen LogP contribution in [0.5, 0.6) is 17.2 Å². The van der Waals surface area contributed by atoms with Crippen LogP contribution in [0.2, 0.25) is 0 Å². The molecule has 1 aliphatic heterocycles. The number of methoxy groups -OCH3 is 1. The van der Waals surface area contributed by atoms with E-state index in [0.29, 0.717) is 28.8 Å². The molecule has 1 saturated heterocycles. The lowest BCUT2D eigenvalue weighted by Crippen LogP contribution is -2.32. The molecule has 0 aliphatic carbocycles. The van der Waals surface area contributed by atoms with E-state index in [1.807, 2.05) is 43.3 Å². The summed E-state index contributed by atoms with van der Waals surface area (Å²) < 4.78 is 16.4. The Morgan fingerprint density at radius 1 is 1.04 bits per heavy atom. The highest BCUT2D eigenvalue weighted by molar-refractivity contribution is 8.18. The van der Waals surface area contributed by atoms with Crippen LogP contribution in [0, 0.1) is 0 Å². The number of ether oxygens (including phenoxy) is 3. The second-order valence-electron chi connectivity index (χ2n) is 5.84. The zero-order valence-corrected chi connectivity index (χ0v) is 16.5. The van der Waals surface area contributed by atoms with Gasteiger partial charge in [-0.3, -0.25) is 14.5 Å². The Labute approximate surface area is 168 Å². The lowest BCUT2D eigenvalue weighted by molar-refractivity contribution is -0.123. The van der Waals surface area contributed by atoms with Gasteiger partial charge < -0.3 is 14.2 Å². The minimum absolute atomic E-state index is 0.198. The Morgan fingerprint density at radius 3 is 2.54 bits per heavy atom. The van der Waals surface area contributed by atoms with Gasteiger partial charge in [-0.25, -0.2) is 0 Å². The third-order valence-corrected chi connectivity index (χ3v) is 4.89. The summed E-state index contributed by atoms with van der Waals surface area (Å²) >= 11 is 0.922. The van der Waals surface area contributed by atoms with Crippen LogP contribution in [0.3, 0.4) is 0 Å². The van der Waals surface area contributed by atoms with E-state index in [1.165, 1.54) is 4.90 Å². The quantitative estimate of drug-likeness (QED) is 0.620. The molecular formula is C21H21NO5S. The summed E-state index contributed by atoms with van der Waals surface area (Å²) in [4.78, 5) is 26.4. The summed E-state index contributed by atoms with van der Waals surface area (Å²) in [6, 6.07) is 14.7. The maximum Gasteiger partial charge on any atom is 0.293 e. The van der Waals surface area contributed by atoms with Gasteiger partial charge in [0.15, 0.2) is 11.5 Å². The number of nitrogens with zero attached hydrogens (tertiary/aromatic N) is 1. The summed E-state index contributed by atoms with van der Waals surface area (Å²) in [5.41, 5.74) is 0.756. The number of hydrogen-bond acceptors (Lipinski definition) is 6. The van der Waals surface area contributed by atoms with Gasteiger partial charge in [-0.1, -0.05) is 24.3 Å². The van der Waals surface area contributed by atoms with Crippen molar-refractivity contribution in [2.75, 3.05) is 26.9 Å². The zero-order chi connectivity index (χ0) is 19.9. The second-order valence-corrected chi connectivity index (χ2v) is 6.83. The van der Waals surface area contributed by atoms with E-state index < -0.39 is 0 Å². The van der Waals surface area contributed by atoms with E-state index >= 15 is 0 Å². The fraction of sp³-hybridized carbons (Fsp3) is 0.238.